The number of hydrogen-bond acceptors (Lipinski definition) is 7. The molecule has 3 N–H and O–H groups in total. The van der Waals surface area contributed by atoms with Gasteiger partial charge in [0.05, 0.1) is 18.8 Å². The molecule has 1 aromatic heterocycles. The fourth-order valence-electron chi connectivity index (χ4n) is 4.77. The van der Waals surface area contributed by atoms with E-state index in [0.29, 0.717) is 25.0 Å². The van der Waals surface area contributed by atoms with Crippen LogP contribution in [-0.2, 0) is 16.0 Å². The van der Waals surface area contributed by atoms with Gasteiger partial charge >= 0.3 is 0 Å². The first-order valence-electron chi connectivity index (χ1n) is 12.6. The highest BCUT2D eigenvalue weighted by atomic mass is 16.5. The molecular formula is C27H38N6O2. The summed E-state index contributed by atoms with van der Waals surface area (Å²) in [4.78, 5) is 26.1. The molecule has 2 aromatic rings. The van der Waals surface area contributed by atoms with Crippen LogP contribution in [0.25, 0.3) is 5.57 Å². The lowest BCUT2D eigenvalue weighted by molar-refractivity contribution is -0.133. The molecule has 8 heteroatoms. The molecule has 0 radical (unpaired) electrons. The van der Waals surface area contributed by atoms with Gasteiger partial charge in [-0.25, -0.2) is 9.97 Å². The molecule has 1 atom stereocenters. The topological polar surface area (TPSA) is 96.6 Å². The molecule has 1 amide bonds. The number of nitrogens with zero attached hydrogens (tertiary/aromatic N) is 4. The molecular weight excluding hydrogens is 440 g/mol. The van der Waals surface area contributed by atoms with Crippen molar-refractivity contribution < 1.29 is 9.53 Å². The SMILES string of the molecule is COC1=C(C(C)C)c2nc(Nc3ccc(N4CCN(C(=O)C(N)C(C)C)CC4)cc3)ncc2CC1. The van der Waals surface area contributed by atoms with Crippen molar-refractivity contribution in [2.75, 3.05) is 43.5 Å². The van der Waals surface area contributed by atoms with E-state index in [-0.39, 0.29) is 11.8 Å². The summed E-state index contributed by atoms with van der Waals surface area (Å²) in [5, 5.41) is 3.35. The number of carbonyl (C=O) groups excluding carboxylic acids is 1. The molecule has 0 bridgehead atoms. The van der Waals surface area contributed by atoms with Crippen LogP contribution in [-0.4, -0.2) is 60.1 Å². The first-order valence-corrected chi connectivity index (χ1v) is 12.6. The fourth-order valence-corrected chi connectivity index (χ4v) is 4.77. The van der Waals surface area contributed by atoms with Crippen LogP contribution < -0.4 is 16.0 Å². The van der Waals surface area contributed by atoms with Gasteiger partial charge in [-0.05, 0) is 48.1 Å². The van der Waals surface area contributed by atoms with Crippen molar-refractivity contribution in [2.45, 2.75) is 46.6 Å². The van der Waals surface area contributed by atoms with E-state index in [0.717, 1.165) is 48.8 Å². The number of ether oxygens (including phenoxy) is 1. The van der Waals surface area contributed by atoms with Crippen LogP contribution in [0.2, 0.25) is 0 Å². The number of piperazine rings is 1. The largest absolute Gasteiger partial charge is 0.501 e. The van der Waals surface area contributed by atoms with Crippen molar-refractivity contribution in [2.24, 2.45) is 17.6 Å². The van der Waals surface area contributed by atoms with Crippen LogP contribution in [0.15, 0.2) is 36.2 Å². The lowest BCUT2D eigenvalue weighted by atomic mass is 9.88. The lowest BCUT2D eigenvalue weighted by Crippen LogP contribution is -2.54. The predicted octanol–water partition coefficient (Wildman–Crippen LogP) is 3.81. The molecule has 188 valence electrons. The molecule has 1 aromatic carbocycles. The van der Waals surface area contributed by atoms with Gasteiger partial charge in [-0.3, -0.25) is 4.79 Å². The van der Waals surface area contributed by atoms with E-state index in [4.69, 9.17) is 15.5 Å². The number of hydrogen-bond donors (Lipinski definition) is 2. The zero-order chi connectivity index (χ0) is 25.1. The Labute approximate surface area is 208 Å². The van der Waals surface area contributed by atoms with Crippen molar-refractivity contribution in [3.05, 3.63) is 47.5 Å². The highest BCUT2D eigenvalue weighted by Gasteiger charge is 2.27. The number of methoxy groups -OCH3 is 1. The second-order valence-corrected chi connectivity index (χ2v) is 10.0. The van der Waals surface area contributed by atoms with Crippen LogP contribution >= 0.6 is 0 Å². The number of fused-ring (bicyclic) bond motifs is 1. The summed E-state index contributed by atoms with van der Waals surface area (Å²) in [6, 6.07) is 7.86. The number of allylic oxidation sites excluding steroid dienone is 2. The number of nitrogens with one attached hydrogen (secondary N) is 1. The molecule has 0 saturated carbocycles. The first-order chi connectivity index (χ1) is 16.8. The number of amides is 1. The number of rotatable bonds is 7. The maximum atomic E-state index is 12.5. The number of aromatic nitrogens is 2. The zero-order valence-corrected chi connectivity index (χ0v) is 21.5. The van der Waals surface area contributed by atoms with Gasteiger partial charge < -0.3 is 25.6 Å². The minimum absolute atomic E-state index is 0.0531. The zero-order valence-electron chi connectivity index (χ0n) is 21.5. The summed E-state index contributed by atoms with van der Waals surface area (Å²) in [5.41, 5.74) is 11.5. The standard InChI is InChI=1S/C27H38N6O2/c1-17(2)23-22(35-5)11-6-19-16-29-27(31-25(19)23)30-20-7-9-21(10-8-20)32-12-14-33(15-13-32)26(34)24(28)18(3)4/h7-10,16-18,24H,6,11-15,28H2,1-5H3,(H,29,30,31). The molecule has 2 aliphatic rings. The van der Waals surface area contributed by atoms with Crippen LogP contribution in [0.3, 0.4) is 0 Å². The second-order valence-electron chi connectivity index (χ2n) is 10.0. The number of aryl methyl sites for hydroxylation is 1. The summed E-state index contributed by atoms with van der Waals surface area (Å²) < 4.78 is 5.66. The van der Waals surface area contributed by atoms with Gasteiger partial charge in [0.15, 0.2) is 0 Å². The Hall–Kier alpha value is -3.13. The third-order valence-corrected chi connectivity index (χ3v) is 6.95. The first kappa shape index (κ1) is 25.0. The van der Waals surface area contributed by atoms with Crippen molar-refractivity contribution in [1.82, 2.24) is 14.9 Å². The van der Waals surface area contributed by atoms with Gasteiger partial charge in [-0.2, -0.15) is 0 Å². The average Bonchev–Trinajstić information content (AvgIpc) is 2.87. The molecule has 1 saturated heterocycles. The molecule has 0 spiro atoms. The third kappa shape index (κ3) is 5.42. The van der Waals surface area contributed by atoms with E-state index >= 15 is 0 Å². The minimum Gasteiger partial charge on any atom is -0.501 e. The Bertz CT molecular complexity index is 1070. The predicted molar refractivity (Wildman–Crippen MR) is 140 cm³/mol. The van der Waals surface area contributed by atoms with Crippen LogP contribution in [0.5, 0.6) is 0 Å². The Morgan fingerprint density at radius 1 is 1.06 bits per heavy atom. The van der Waals surface area contributed by atoms with Crippen LogP contribution in [0.4, 0.5) is 17.3 Å². The Kier molecular flexibility index (Phi) is 7.60. The molecule has 1 aliphatic heterocycles. The van der Waals surface area contributed by atoms with Gasteiger partial charge in [-0.1, -0.05) is 27.7 Å². The van der Waals surface area contributed by atoms with E-state index in [9.17, 15) is 4.79 Å². The summed E-state index contributed by atoms with van der Waals surface area (Å²) in [7, 11) is 1.74. The maximum absolute atomic E-state index is 12.5. The van der Waals surface area contributed by atoms with Gasteiger partial charge in [0.25, 0.3) is 0 Å². The number of benzene rings is 1. The molecule has 35 heavy (non-hydrogen) atoms. The number of nitrogens with two attached hydrogens (primary N) is 1. The third-order valence-electron chi connectivity index (χ3n) is 6.95. The van der Waals surface area contributed by atoms with Crippen LogP contribution in [0, 0.1) is 11.8 Å². The molecule has 2 heterocycles. The minimum atomic E-state index is -0.425. The second kappa shape index (κ2) is 10.6. The van der Waals surface area contributed by atoms with Gasteiger partial charge in [-0.15, -0.1) is 0 Å². The molecule has 1 aliphatic carbocycles. The van der Waals surface area contributed by atoms with E-state index in [1.807, 2.05) is 37.1 Å². The van der Waals surface area contributed by atoms with Gasteiger partial charge in [0, 0.05) is 55.7 Å². The Morgan fingerprint density at radius 3 is 2.34 bits per heavy atom. The highest BCUT2D eigenvalue weighted by Crippen LogP contribution is 2.35. The smallest absolute Gasteiger partial charge is 0.239 e. The fraction of sp³-hybridized carbons (Fsp3) is 0.519. The van der Waals surface area contributed by atoms with Gasteiger partial charge in [0.2, 0.25) is 11.9 Å². The Morgan fingerprint density at radius 2 is 1.74 bits per heavy atom. The molecule has 4 rings (SSSR count). The van der Waals surface area contributed by atoms with Crippen molar-refractivity contribution in [3.8, 4) is 0 Å². The van der Waals surface area contributed by atoms with Crippen molar-refractivity contribution in [1.29, 1.82) is 0 Å². The van der Waals surface area contributed by atoms with Crippen molar-refractivity contribution in [3.63, 3.8) is 0 Å². The number of anilines is 3. The monoisotopic (exact) mass is 478 g/mol. The molecule has 1 unspecified atom stereocenters. The molecule has 1 fully saturated rings. The average molecular weight is 479 g/mol. The highest BCUT2D eigenvalue weighted by molar-refractivity contribution is 5.82. The Balaban J connectivity index is 1.41. The lowest BCUT2D eigenvalue weighted by Gasteiger charge is -2.37. The van der Waals surface area contributed by atoms with E-state index in [2.05, 4.69) is 41.2 Å². The quantitative estimate of drug-likeness (QED) is 0.625. The van der Waals surface area contributed by atoms with Gasteiger partial charge in [0.1, 0.15) is 5.76 Å². The van der Waals surface area contributed by atoms with E-state index in [1.54, 1.807) is 7.11 Å². The molecule has 8 nitrogen and oxygen atoms in total. The summed E-state index contributed by atoms with van der Waals surface area (Å²) in [6.45, 7) is 11.3. The van der Waals surface area contributed by atoms with Crippen molar-refractivity contribution >= 4 is 28.8 Å². The van der Waals surface area contributed by atoms with E-state index in [1.165, 1.54) is 11.1 Å². The summed E-state index contributed by atoms with van der Waals surface area (Å²) >= 11 is 0. The number of carbonyl (C=O) groups is 1. The summed E-state index contributed by atoms with van der Waals surface area (Å²) in [5.74, 6) is 2.13. The maximum Gasteiger partial charge on any atom is 0.239 e. The normalized spacial score (nSPS) is 17.0. The van der Waals surface area contributed by atoms with E-state index < -0.39 is 6.04 Å². The van der Waals surface area contributed by atoms with Crippen LogP contribution in [0.1, 0.15) is 45.4 Å². The summed E-state index contributed by atoms with van der Waals surface area (Å²) in [6.07, 6.45) is 3.72.